The van der Waals surface area contributed by atoms with E-state index in [1.54, 1.807) is 15.9 Å². The van der Waals surface area contributed by atoms with Gasteiger partial charge < -0.3 is 9.80 Å². The molecule has 1 heterocycles. The Bertz CT molecular complexity index is 746. The van der Waals surface area contributed by atoms with Gasteiger partial charge in [0.2, 0.25) is 0 Å². The summed E-state index contributed by atoms with van der Waals surface area (Å²) in [7, 11) is 0. The number of carbonyl (C=O) groups is 1. The van der Waals surface area contributed by atoms with Gasteiger partial charge in [-0.05, 0) is 30.2 Å². The zero-order chi connectivity index (χ0) is 18.0. The largest absolute Gasteiger partial charge is 0.416 e. The average molecular weight is 348 g/mol. The number of carbonyl (C=O) groups excluding carboxylic acids is 1. The van der Waals surface area contributed by atoms with Crippen molar-refractivity contribution in [2.75, 3.05) is 13.1 Å². The molecule has 25 heavy (non-hydrogen) atoms. The lowest BCUT2D eigenvalue weighted by Gasteiger charge is -2.25. The second-order valence-electron chi connectivity index (χ2n) is 6.18. The normalized spacial score (nSPS) is 16.4. The number of amides is 2. The highest BCUT2D eigenvalue weighted by Crippen LogP contribution is 2.30. The van der Waals surface area contributed by atoms with Crippen LogP contribution in [0, 0.1) is 0 Å². The van der Waals surface area contributed by atoms with Crippen molar-refractivity contribution in [3.05, 3.63) is 71.3 Å². The fourth-order valence-corrected chi connectivity index (χ4v) is 3.09. The predicted octanol–water partition coefficient (Wildman–Crippen LogP) is 4.70. The Kier molecular flexibility index (Phi) is 4.70. The summed E-state index contributed by atoms with van der Waals surface area (Å²) < 4.78 is 38.5. The van der Waals surface area contributed by atoms with Crippen molar-refractivity contribution < 1.29 is 18.0 Å². The van der Waals surface area contributed by atoms with Crippen LogP contribution in [0.2, 0.25) is 0 Å². The summed E-state index contributed by atoms with van der Waals surface area (Å²) in [5.74, 6) is 0. The molecule has 6 heteroatoms. The highest BCUT2D eigenvalue weighted by Gasteiger charge is 2.33. The Morgan fingerprint density at radius 3 is 2.44 bits per heavy atom. The van der Waals surface area contributed by atoms with E-state index in [9.17, 15) is 18.0 Å². The number of rotatable bonds is 4. The third kappa shape index (κ3) is 3.78. The number of hydrogen-bond donors (Lipinski definition) is 0. The first-order valence-corrected chi connectivity index (χ1v) is 8.13. The van der Waals surface area contributed by atoms with E-state index in [1.165, 1.54) is 6.07 Å². The smallest absolute Gasteiger partial charge is 0.319 e. The molecular formula is C19H19F3N2O. The zero-order valence-electron chi connectivity index (χ0n) is 13.8. The molecule has 0 unspecified atom stereocenters. The van der Waals surface area contributed by atoms with Crippen molar-refractivity contribution in [2.45, 2.75) is 25.7 Å². The molecule has 0 aliphatic carbocycles. The molecule has 1 fully saturated rings. The Hall–Kier alpha value is -2.50. The molecule has 3 nitrogen and oxygen atoms in total. The minimum absolute atomic E-state index is 0.0693. The molecule has 2 aromatic carbocycles. The van der Waals surface area contributed by atoms with Gasteiger partial charge in [0.1, 0.15) is 0 Å². The Morgan fingerprint density at radius 2 is 1.76 bits per heavy atom. The molecule has 2 amide bonds. The number of nitrogens with zero attached hydrogens (tertiary/aromatic N) is 2. The van der Waals surface area contributed by atoms with E-state index in [4.69, 9.17) is 0 Å². The van der Waals surface area contributed by atoms with Crippen LogP contribution < -0.4 is 0 Å². The molecular weight excluding hydrogens is 329 g/mol. The number of urea groups is 1. The number of halogens is 3. The first-order chi connectivity index (χ1) is 11.9. The highest BCUT2D eigenvalue weighted by molar-refractivity contribution is 5.77. The fourth-order valence-electron chi connectivity index (χ4n) is 3.09. The van der Waals surface area contributed by atoms with E-state index >= 15 is 0 Å². The third-order valence-corrected chi connectivity index (χ3v) is 4.50. The van der Waals surface area contributed by atoms with E-state index in [0.717, 1.165) is 17.7 Å². The minimum atomic E-state index is -4.38. The van der Waals surface area contributed by atoms with Crippen molar-refractivity contribution >= 4 is 6.03 Å². The van der Waals surface area contributed by atoms with Gasteiger partial charge in [-0.15, -0.1) is 0 Å². The molecule has 0 aromatic heterocycles. The predicted molar refractivity (Wildman–Crippen MR) is 88.8 cm³/mol. The van der Waals surface area contributed by atoms with Crippen LogP contribution in [0.1, 0.15) is 29.7 Å². The number of hydrogen-bond acceptors (Lipinski definition) is 1. The summed E-state index contributed by atoms with van der Waals surface area (Å²) in [6.07, 6.45) is -4.38. The zero-order valence-corrected chi connectivity index (χ0v) is 13.8. The van der Waals surface area contributed by atoms with Crippen LogP contribution in [0.15, 0.2) is 54.6 Å². The summed E-state index contributed by atoms with van der Waals surface area (Å²) in [5.41, 5.74) is 0.834. The van der Waals surface area contributed by atoms with Crippen LogP contribution in [0.4, 0.5) is 18.0 Å². The van der Waals surface area contributed by atoms with E-state index in [-0.39, 0.29) is 18.6 Å². The van der Waals surface area contributed by atoms with Gasteiger partial charge in [-0.2, -0.15) is 13.2 Å². The maximum absolute atomic E-state index is 12.8. The standard InChI is InChI=1S/C19H19F3N2O/c1-14(16-7-3-2-4-8-16)24-11-10-23(18(24)25)13-15-6-5-9-17(12-15)19(20,21)22/h2-9,12,14H,10-11,13H2,1H3/t14-/m0/s1. The second-order valence-corrected chi connectivity index (χ2v) is 6.18. The summed E-state index contributed by atoms with van der Waals surface area (Å²) in [6.45, 7) is 3.21. The topological polar surface area (TPSA) is 23.6 Å². The van der Waals surface area contributed by atoms with Gasteiger partial charge >= 0.3 is 12.2 Å². The second kappa shape index (κ2) is 6.78. The monoisotopic (exact) mass is 348 g/mol. The lowest BCUT2D eigenvalue weighted by molar-refractivity contribution is -0.137. The van der Waals surface area contributed by atoms with Crippen molar-refractivity contribution in [3.8, 4) is 0 Å². The molecule has 0 saturated carbocycles. The molecule has 0 bridgehead atoms. The summed E-state index contributed by atoms with van der Waals surface area (Å²) >= 11 is 0. The quantitative estimate of drug-likeness (QED) is 0.785. The number of benzene rings is 2. The maximum Gasteiger partial charge on any atom is 0.416 e. The van der Waals surface area contributed by atoms with Gasteiger partial charge in [0, 0.05) is 19.6 Å². The molecule has 1 aliphatic heterocycles. The van der Waals surface area contributed by atoms with Crippen molar-refractivity contribution in [1.29, 1.82) is 0 Å². The van der Waals surface area contributed by atoms with Crippen LogP contribution in [0.3, 0.4) is 0 Å². The van der Waals surface area contributed by atoms with Crippen LogP contribution in [0.5, 0.6) is 0 Å². The first kappa shape index (κ1) is 17.3. The minimum Gasteiger partial charge on any atom is -0.319 e. The van der Waals surface area contributed by atoms with Crippen LogP contribution in [0.25, 0.3) is 0 Å². The van der Waals surface area contributed by atoms with Crippen LogP contribution >= 0.6 is 0 Å². The molecule has 0 spiro atoms. The van der Waals surface area contributed by atoms with Crippen molar-refractivity contribution in [3.63, 3.8) is 0 Å². The van der Waals surface area contributed by atoms with Gasteiger partial charge in [0.15, 0.2) is 0 Å². The lowest BCUT2D eigenvalue weighted by Crippen LogP contribution is -2.33. The van der Waals surface area contributed by atoms with Crippen molar-refractivity contribution in [2.24, 2.45) is 0 Å². The Labute approximate surface area is 144 Å². The summed E-state index contributed by atoms with van der Waals surface area (Å²) in [5, 5.41) is 0. The molecule has 3 rings (SSSR count). The Balaban J connectivity index is 1.71. The molecule has 1 saturated heterocycles. The summed E-state index contributed by atoms with van der Waals surface area (Å²) in [6, 6.07) is 14.6. The van der Waals surface area contributed by atoms with E-state index < -0.39 is 11.7 Å². The molecule has 0 radical (unpaired) electrons. The van der Waals surface area contributed by atoms with Gasteiger partial charge in [0.05, 0.1) is 11.6 Å². The fraction of sp³-hybridized carbons (Fsp3) is 0.316. The van der Waals surface area contributed by atoms with Crippen LogP contribution in [-0.2, 0) is 12.7 Å². The Morgan fingerprint density at radius 1 is 1.04 bits per heavy atom. The summed E-state index contributed by atoms with van der Waals surface area (Å²) in [4.78, 5) is 16.0. The highest BCUT2D eigenvalue weighted by atomic mass is 19.4. The first-order valence-electron chi connectivity index (χ1n) is 8.13. The molecule has 2 aromatic rings. The van der Waals surface area contributed by atoms with Crippen LogP contribution in [-0.4, -0.2) is 28.9 Å². The van der Waals surface area contributed by atoms with Gasteiger partial charge in [-0.1, -0.05) is 42.5 Å². The lowest BCUT2D eigenvalue weighted by atomic mass is 10.1. The molecule has 132 valence electrons. The molecule has 0 N–H and O–H groups in total. The van der Waals surface area contributed by atoms with E-state index in [0.29, 0.717) is 18.7 Å². The SMILES string of the molecule is C[C@@H](c1ccccc1)N1CCN(Cc2cccc(C(F)(F)F)c2)C1=O. The van der Waals surface area contributed by atoms with Gasteiger partial charge in [-0.25, -0.2) is 4.79 Å². The van der Waals surface area contributed by atoms with E-state index in [2.05, 4.69) is 0 Å². The molecule has 1 atom stereocenters. The third-order valence-electron chi connectivity index (χ3n) is 4.50. The van der Waals surface area contributed by atoms with Crippen molar-refractivity contribution in [1.82, 2.24) is 9.80 Å². The average Bonchev–Trinajstić information content (AvgIpc) is 2.95. The van der Waals surface area contributed by atoms with Gasteiger partial charge in [-0.3, -0.25) is 0 Å². The number of alkyl halides is 3. The van der Waals surface area contributed by atoms with E-state index in [1.807, 2.05) is 37.3 Å². The van der Waals surface area contributed by atoms with Gasteiger partial charge in [0.25, 0.3) is 0 Å². The maximum atomic E-state index is 12.8. The molecule has 1 aliphatic rings.